The molecule has 1 heterocycles. The number of benzene rings is 2. The lowest BCUT2D eigenvalue weighted by molar-refractivity contribution is 0.375. The number of sulfonamides is 1. The minimum absolute atomic E-state index is 0.102. The van der Waals surface area contributed by atoms with Gasteiger partial charge in [-0.25, -0.2) is 13.2 Å². The van der Waals surface area contributed by atoms with Crippen molar-refractivity contribution in [3.8, 4) is 0 Å². The Balaban J connectivity index is 1.88. The topological polar surface area (TPSA) is 119 Å². The number of rotatable bonds is 9. The molecule has 8 nitrogen and oxygen atoms in total. The van der Waals surface area contributed by atoms with Crippen LogP contribution in [0.15, 0.2) is 67.3 Å². The third-order valence-corrected chi connectivity index (χ3v) is 6.52. The summed E-state index contributed by atoms with van der Waals surface area (Å²) < 4.78 is 37.7. The van der Waals surface area contributed by atoms with Crippen LogP contribution < -0.4 is 21.2 Å². The van der Waals surface area contributed by atoms with Crippen LogP contribution in [0, 0.1) is 5.92 Å². The molecule has 9 heteroatoms. The zero-order chi connectivity index (χ0) is 22.6. The number of nitrogens with one attached hydrogen (secondary N) is 1. The molecule has 0 spiro atoms. The summed E-state index contributed by atoms with van der Waals surface area (Å²) in [5, 5.41) is 3.00. The SMILES string of the molecule is CCc1ccc(N(CC(C)C)S(=O)(=O)c2ccc(NCc3coc(=O)o3)c(N)c2)cc1. The maximum atomic E-state index is 13.5. The second kappa shape index (κ2) is 9.30. The predicted molar refractivity (Wildman–Crippen MR) is 121 cm³/mol. The summed E-state index contributed by atoms with van der Waals surface area (Å²) in [7, 11) is -3.82. The van der Waals surface area contributed by atoms with E-state index in [-0.39, 0.29) is 23.0 Å². The van der Waals surface area contributed by atoms with Gasteiger partial charge in [0.2, 0.25) is 0 Å². The highest BCUT2D eigenvalue weighted by Crippen LogP contribution is 2.29. The summed E-state index contributed by atoms with van der Waals surface area (Å²) in [4.78, 5) is 11.1. The summed E-state index contributed by atoms with van der Waals surface area (Å²) in [5.41, 5.74) is 8.64. The molecule has 31 heavy (non-hydrogen) atoms. The average Bonchev–Trinajstić information content (AvgIpc) is 3.16. The fraction of sp³-hybridized carbons (Fsp3) is 0.318. The van der Waals surface area contributed by atoms with Crippen LogP contribution in [0.25, 0.3) is 0 Å². The van der Waals surface area contributed by atoms with Gasteiger partial charge >= 0.3 is 5.82 Å². The predicted octanol–water partition coefficient (Wildman–Crippen LogP) is 3.84. The van der Waals surface area contributed by atoms with Crippen molar-refractivity contribution in [2.45, 2.75) is 38.6 Å². The highest BCUT2D eigenvalue weighted by molar-refractivity contribution is 7.92. The minimum atomic E-state index is -3.82. The van der Waals surface area contributed by atoms with Gasteiger partial charge in [0.25, 0.3) is 10.0 Å². The summed E-state index contributed by atoms with van der Waals surface area (Å²) in [5.74, 6) is -0.355. The zero-order valence-electron chi connectivity index (χ0n) is 17.8. The molecule has 0 aliphatic heterocycles. The Bertz CT molecular complexity index is 1180. The molecule has 0 atom stereocenters. The van der Waals surface area contributed by atoms with E-state index in [1.807, 2.05) is 38.1 Å². The van der Waals surface area contributed by atoms with E-state index < -0.39 is 15.8 Å². The molecule has 3 aromatic rings. The third-order valence-electron chi connectivity index (χ3n) is 4.73. The van der Waals surface area contributed by atoms with Crippen LogP contribution in [-0.4, -0.2) is 15.0 Å². The normalized spacial score (nSPS) is 11.6. The lowest BCUT2D eigenvalue weighted by Gasteiger charge is -2.27. The van der Waals surface area contributed by atoms with Crippen molar-refractivity contribution in [1.29, 1.82) is 0 Å². The Morgan fingerprint density at radius 1 is 1.13 bits per heavy atom. The number of nitrogens with zero attached hydrogens (tertiary/aromatic N) is 1. The molecule has 0 saturated heterocycles. The van der Waals surface area contributed by atoms with Crippen LogP contribution >= 0.6 is 0 Å². The standard InChI is InChI=1S/C22H27N3O5S/c1-4-16-5-7-17(8-6-16)25(13-15(2)3)31(27,28)19-9-10-21(20(23)11-19)24-12-18-14-29-22(26)30-18/h5-11,14-15,24H,4,12-13,23H2,1-3H3. The molecule has 0 bridgehead atoms. The Morgan fingerprint density at radius 2 is 1.84 bits per heavy atom. The highest BCUT2D eigenvalue weighted by Gasteiger charge is 2.26. The van der Waals surface area contributed by atoms with Crippen LogP contribution in [-0.2, 0) is 23.0 Å². The maximum absolute atomic E-state index is 13.5. The first-order valence-corrected chi connectivity index (χ1v) is 11.5. The van der Waals surface area contributed by atoms with Crippen molar-refractivity contribution in [2.75, 3.05) is 21.9 Å². The van der Waals surface area contributed by atoms with E-state index in [2.05, 4.69) is 16.7 Å². The van der Waals surface area contributed by atoms with Gasteiger partial charge in [0.15, 0.2) is 5.76 Å². The summed E-state index contributed by atoms with van der Waals surface area (Å²) in [6.07, 6.45) is 2.09. The van der Waals surface area contributed by atoms with E-state index in [9.17, 15) is 13.2 Å². The number of aryl methyl sites for hydroxylation is 1. The van der Waals surface area contributed by atoms with Gasteiger partial charge in [0, 0.05) is 6.54 Å². The molecule has 0 aliphatic rings. The van der Waals surface area contributed by atoms with E-state index in [0.717, 1.165) is 12.0 Å². The Labute approximate surface area is 181 Å². The average molecular weight is 446 g/mol. The fourth-order valence-electron chi connectivity index (χ4n) is 3.09. The van der Waals surface area contributed by atoms with E-state index >= 15 is 0 Å². The van der Waals surface area contributed by atoms with Gasteiger partial charge in [-0.15, -0.1) is 0 Å². The molecule has 3 rings (SSSR count). The molecule has 0 unspecified atom stereocenters. The smallest absolute Gasteiger partial charge is 0.399 e. The molecular weight excluding hydrogens is 418 g/mol. The molecule has 0 radical (unpaired) electrons. The fourth-order valence-corrected chi connectivity index (χ4v) is 4.75. The van der Waals surface area contributed by atoms with Gasteiger partial charge in [-0.1, -0.05) is 32.9 Å². The summed E-state index contributed by atoms with van der Waals surface area (Å²) in [6.45, 7) is 6.51. The van der Waals surface area contributed by atoms with Crippen molar-refractivity contribution in [2.24, 2.45) is 5.92 Å². The number of hydrogen-bond acceptors (Lipinski definition) is 7. The molecule has 0 saturated carbocycles. The number of anilines is 3. The quantitative estimate of drug-likeness (QED) is 0.480. The van der Waals surface area contributed by atoms with Crippen molar-refractivity contribution < 1.29 is 17.3 Å². The van der Waals surface area contributed by atoms with Crippen molar-refractivity contribution >= 4 is 27.1 Å². The van der Waals surface area contributed by atoms with Gasteiger partial charge in [-0.05, 0) is 48.2 Å². The van der Waals surface area contributed by atoms with E-state index in [1.165, 1.54) is 22.7 Å². The maximum Gasteiger partial charge on any atom is 0.518 e. The molecule has 2 aromatic carbocycles. The van der Waals surface area contributed by atoms with Gasteiger partial charge in [-0.2, -0.15) is 0 Å². The molecule has 0 amide bonds. The summed E-state index contributed by atoms with van der Waals surface area (Å²) >= 11 is 0. The van der Waals surface area contributed by atoms with Gasteiger partial charge < -0.3 is 19.9 Å². The van der Waals surface area contributed by atoms with Crippen molar-refractivity contribution in [3.05, 3.63) is 70.7 Å². The van der Waals surface area contributed by atoms with Gasteiger partial charge in [-0.3, -0.25) is 4.31 Å². The molecule has 0 fully saturated rings. The molecule has 1 aromatic heterocycles. The van der Waals surface area contributed by atoms with Crippen LogP contribution in [0.3, 0.4) is 0 Å². The van der Waals surface area contributed by atoms with E-state index in [0.29, 0.717) is 23.7 Å². The largest absolute Gasteiger partial charge is 0.518 e. The lowest BCUT2D eigenvalue weighted by Crippen LogP contribution is -2.34. The summed E-state index contributed by atoms with van der Waals surface area (Å²) in [6, 6.07) is 12.1. The molecule has 3 N–H and O–H groups in total. The van der Waals surface area contributed by atoms with Crippen LogP contribution in [0.2, 0.25) is 0 Å². The number of nitrogen functional groups attached to an aromatic ring is 1. The van der Waals surface area contributed by atoms with Gasteiger partial charge in [0.1, 0.15) is 6.26 Å². The number of nitrogens with two attached hydrogens (primary N) is 1. The van der Waals surface area contributed by atoms with Crippen LogP contribution in [0.5, 0.6) is 0 Å². The first-order valence-electron chi connectivity index (χ1n) is 10.0. The monoisotopic (exact) mass is 445 g/mol. The Morgan fingerprint density at radius 3 is 2.39 bits per heavy atom. The second-order valence-electron chi connectivity index (χ2n) is 7.61. The third kappa shape index (κ3) is 5.29. The Hall–Kier alpha value is -3.20. The lowest BCUT2D eigenvalue weighted by atomic mass is 10.1. The van der Waals surface area contributed by atoms with Crippen LogP contribution in [0.1, 0.15) is 32.1 Å². The van der Waals surface area contributed by atoms with Crippen LogP contribution in [0.4, 0.5) is 17.1 Å². The molecule has 166 valence electrons. The zero-order valence-corrected chi connectivity index (χ0v) is 18.6. The van der Waals surface area contributed by atoms with Crippen molar-refractivity contribution in [3.63, 3.8) is 0 Å². The van der Waals surface area contributed by atoms with Gasteiger partial charge in [0.05, 0.1) is 28.5 Å². The van der Waals surface area contributed by atoms with E-state index in [4.69, 9.17) is 10.2 Å². The molecule has 0 aliphatic carbocycles. The van der Waals surface area contributed by atoms with Crippen molar-refractivity contribution in [1.82, 2.24) is 0 Å². The van der Waals surface area contributed by atoms with E-state index in [1.54, 1.807) is 6.07 Å². The highest BCUT2D eigenvalue weighted by atomic mass is 32.2. The molecular formula is C22H27N3O5S. The first-order chi connectivity index (χ1) is 14.7. The Kier molecular flexibility index (Phi) is 6.74. The minimum Gasteiger partial charge on any atom is -0.399 e. The first kappa shape index (κ1) is 22.5. The number of hydrogen-bond donors (Lipinski definition) is 2. The second-order valence-corrected chi connectivity index (χ2v) is 9.47.